The number of likely N-dealkylation sites (N-methyl/N-ethyl adjacent to an activating group) is 1. The summed E-state index contributed by atoms with van der Waals surface area (Å²) < 4.78 is 0. The summed E-state index contributed by atoms with van der Waals surface area (Å²) in [6.07, 6.45) is 0.663. The average molecular weight is 301 g/mol. The van der Waals surface area contributed by atoms with E-state index in [0.29, 0.717) is 13.0 Å². The van der Waals surface area contributed by atoms with Crippen molar-refractivity contribution in [3.05, 3.63) is 60.2 Å². The van der Waals surface area contributed by atoms with Crippen LogP contribution < -0.4 is 5.32 Å². The van der Waals surface area contributed by atoms with Gasteiger partial charge in [0, 0.05) is 22.8 Å². The third-order valence-electron chi connectivity index (χ3n) is 3.24. The lowest BCUT2D eigenvalue weighted by atomic mass is 9.96. The van der Waals surface area contributed by atoms with E-state index in [1.807, 2.05) is 19.9 Å². The van der Waals surface area contributed by atoms with Crippen LogP contribution in [-0.4, -0.2) is 23.8 Å². The van der Waals surface area contributed by atoms with Crippen LogP contribution in [0.25, 0.3) is 0 Å². The Morgan fingerprint density at radius 3 is 2.24 bits per heavy atom. The van der Waals surface area contributed by atoms with Crippen molar-refractivity contribution in [3.63, 3.8) is 0 Å². The number of hydrogen-bond donors (Lipinski definition) is 2. The molecule has 0 saturated carbocycles. The van der Waals surface area contributed by atoms with E-state index in [-0.39, 0.29) is 0 Å². The lowest BCUT2D eigenvalue weighted by Gasteiger charge is -2.23. The van der Waals surface area contributed by atoms with Gasteiger partial charge in [0.15, 0.2) is 0 Å². The van der Waals surface area contributed by atoms with Crippen molar-refractivity contribution in [2.75, 3.05) is 13.1 Å². The van der Waals surface area contributed by atoms with Gasteiger partial charge in [0.25, 0.3) is 0 Å². The van der Waals surface area contributed by atoms with Crippen molar-refractivity contribution >= 4 is 11.8 Å². The molecular formula is C18H23NOS. The van der Waals surface area contributed by atoms with E-state index < -0.39 is 5.60 Å². The molecule has 2 aromatic carbocycles. The van der Waals surface area contributed by atoms with Crippen LogP contribution in [0.5, 0.6) is 0 Å². The molecule has 2 N–H and O–H groups in total. The van der Waals surface area contributed by atoms with Crippen molar-refractivity contribution in [2.24, 2.45) is 0 Å². The molecule has 0 amide bonds. The van der Waals surface area contributed by atoms with Gasteiger partial charge in [-0.05, 0) is 43.3 Å². The Kier molecular flexibility index (Phi) is 5.85. The molecule has 2 aromatic rings. The van der Waals surface area contributed by atoms with Gasteiger partial charge in [0.2, 0.25) is 0 Å². The number of rotatable bonds is 7. The maximum absolute atomic E-state index is 10.3. The molecule has 0 saturated heterocycles. The molecule has 0 bridgehead atoms. The summed E-state index contributed by atoms with van der Waals surface area (Å²) in [7, 11) is 0. The molecule has 3 heteroatoms. The van der Waals surface area contributed by atoms with Gasteiger partial charge in [-0.25, -0.2) is 0 Å². The normalized spacial score (nSPS) is 13.9. The fraction of sp³-hybridized carbons (Fsp3) is 0.333. The first-order valence-corrected chi connectivity index (χ1v) is 8.16. The van der Waals surface area contributed by atoms with Crippen LogP contribution in [0.15, 0.2) is 64.4 Å². The zero-order chi connectivity index (χ0) is 15.1. The molecule has 112 valence electrons. The SMILES string of the molecule is CCNCC(C)(O)Cc1ccc(Sc2ccccc2)cc1. The molecule has 2 rings (SSSR count). The summed E-state index contributed by atoms with van der Waals surface area (Å²) in [5.41, 5.74) is 0.458. The maximum Gasteiger partial charge on any atom is 0.0783 e. The second kappa shape index (κ2) is 7.64. The minimum absolute atomic E-state index is 0.615. The van der Waals surface area contributed by atoms with E-state index in [4.69, 9.17) is 0 Å². The highest BCUT2D eigenvalue weighted by Gasteiger charge is 2.19. The van der Waals surface area contributed by atoms with E-state index in [1.54, 1.807) is 11.8 Å². The van der Waals surface area contributed by atoms with Gasteiger partial charge in [-0.3, -0.25) is 0 Å². The first-order valence-electron chi connectivity index (χ1n) is 7.34. The molecule has 0 spiro atoms. The molecular weight excluding hydrogens is 278 g/mol. The van der Waals surface area contributed by atoms with E-state index >= 15 is 0 Å². The quantitative estimate of drug-likeness (QED) is 0.817. The van der Waals surface area contributed by atoms with Gasteiger partial charge in [0.1, 0.15) is 0 Å². The van der Waals surface area contributed by atoms with Gasteiger partial charge in [-0.1, -0.05) is 49.0 Å². The molecule has 0 heterocycles. The van der Waals surface area contributed by atoms with Gasteiger partial charge in [0.05, 0.1) is 5.60 Å². The Bertz CT molecular complexity index is 537. The Morgan fingerprint density at radius 1 is 1.00 bits per heavy atom. The number of nitrogens with one attached hydrogen (secondary N) is 1. The summed E-state index contributed by atoms with van der Waals surface area (Å²) in [6.45, 7) is 5.42. The minimum Gasteiger partial charge on any atom is -0.389 e. The van der Waals surface area contributed by atoms with E-state index in [2.05, 4.69) is 53.8 Å². The number of benzene rings is 2. The maximum atomic E-state index is 10.3. The second-order valence-electron chi connectivity index (χ2n) is 5.51. The number of aliphatic hydroxyl groups is 1. The second-order valence-corrected chi connectivity index (χ2v) is 6.66. The van der Waals surface area contributed by atoms with Crippen LogP contribution >= 0.6 is 11.8 Å². The summed E-state index contributed by atoms with van der Waals surface area (Å²) in [4.78, 5) is 2.46. The molecule has 2 nitrogen and oxygen atoms in total. The third-order valence-corrected chi connectivity index (χ3v) is 4.26. The molecule has 1 unspecified atom stereocenters. The first kappa shape index (κ1) is 16.1. The summed E-state index contributed by atoms with van der Waals surface area (Å²) in [5, 5.41) is 13.5. The van der Waals surface area contributed by atoms with Gasteiger partial charge < -0.3 is 10.4 Å². The fourth-order valence-electron chi connectivity index (χ4n) is 2.20. The van der Waals surface area contributed by atoms with Crippen molar-refractivity contribution in [2.45, 2.75) is 35.7 Å². The van der Waals surface area contributed by atoms with Crippen LogP contribution in [0, 0.1) is 0 Å². The van der Waals surface area contributed by atoms with Gasteiger partial charge in [-0.2, -0.15) is 0 Å². The van der Waals surface area contributed by atoms with Crippen LogP contribution in [0.1, 0.15) is 19.4 Å². The average Bonchev–Trinajstić information content (AvgIpc) is 2.48. The van der Waals surface area contributed by atoms with Crippen LogP contribution in [0.2, 0.25) is 0 Å². The largest absolute Gasteiger partial charge is 0.389 e. The highest BCUT2D eigenvalue weighted by Crippen LogP contribution is 2.27. The lowest BCUT2D eigenvalue weighted by Crippen LogP contribution is -2.39. The molecule has 0 aliphatic heterocycles. The predicted molar refractivity (Wildman–Crippen MR) is 89.9 cm³/mol. The van der Waals surface area contributed by atoms with Crippen LogP contribution in [0.4, 0.5) is 0 Å². The highest BCUT2D eigenvalue weighted by atomic mass is 32.2. The predicted octanol–water partition coefficient (Wildman–Crippen LogP) is 3.74. The van der Waals surface area contributed by atoms with Crippen molar-refractivity contribution < 1.29 is 5.11 Å². The van der Waals surface area contributed by atoms with Crippen LogP contribution in [-0.2, 0) is 6.42 Å². The topological polar surface area (TPSA) is 32.3 Å². The number of hydrogen-bond acceptors (Lipinski definition) is 3. The van der Waals surface area contributed by atoms with Crippen molar-refractivity contribution in [1.82, 2.24) is 5.32 Å². The zero-order valence-electron chi connectivity index (χ0n) is 12.7. The minimum atomic E-state index is -0.704. The first-order chi connectivity index (χ1) is 10.1. The smallest absolute Gasteiger partial charge is 0.0783 e. The lowest BCUT2D eigenvalue weighted by molar-refractivity contribution is 0.0607. The summed E-state index contributed by atoms with van der Waals surface area (Å²) in [6, 6.07) is 18.8. The molecule has 0 aliphatic carbocycles. The Morgan fingerprint density at radius 2 is 1.62 bits per heavy atom. The molecule has 0 aliphatic rings. The van der Waals surface area contributed by atoms with Crippen molar-refractivity contribution in [1.29, 1.82) is 0 Å². The Balaban J connectivity index is 1.96. The Hall–Kier alpha value is -1.29. The summed E-state index contributed by atoms with van der Waals surface area (Å²) >= 11 is 1.75. The highest BCUT2D eigenvalue weighted by molar-refractivity contribution is 7.99. The summed E-state index contributed by atoms with van der Waals surface area (Å²) in [5.74, 6) is 0. The van der Waals surface area contributed by atoms with Crippen LogP contribution in [0.3, 0.4) is 0 Å². The van der Waals surface area contributed by atoms with Gasteiger partial charge in [-0.15, -0.1) is 0 Å². The van der Waals surface area contributed by atoms with Gasteiger partial charge >= 0.3 is 0 Å². The molecule has 0 radical (unpaired) electrons. The molecule has 1 atom stereocenters. The molecule has 0 fully saturated rings. The van der Waals surface area contributed by atoms with E-state index in [9.17, 15) is 5.11 Å². The zero-order valence-corrected chi connectivity index (χ0v) is 13.5. The molecule has 21 heavy (non-hydrogen) atoms. The fourth-order valence-corrected chi connectivity index (χ4v) is 3.03. The molecule has 0 aromatic heterocycles. The van der Waals surface area contributed by atoms with E-state index in [0.717, 1.165) is 12.1 Å². The standard InChI is InChI=1S/C18H23NOS/c1-3-19-14-18(2,20)13-15-9-11-17(12-10-15)21-16-7-5-4-6-8-16/h4-12,19-20H,3,13-14H2,1-2H3. The third kappa shape index (κ3) is 5.54. The monoisotopic (exact) mass is 301 g/mol. The van der Waals surface area contributed by atoms with Crippen molar-refractivity contribution in [3.8, 4) is 0 Å². The Labute approximate surface area is 131 Å². The van der Waals surface area contributed by atoms with E-state index in [1.165, 1.54) is 9.79 Å².